The lowest BCUT2D eigenvalue weighted by Gasteiger charge is -2.34. The molecule has 0 atom stereocenters. The topological polar surface area (TPSA) is 120 Å². The van der Waals surface area contributed by atoms with E-state index in [0.717, 1.165) is 5.56 Å². The third-order valence-corrected chi connectivity index (χ3v) is 5.37. The number of nitrogens with one attached hydrogen (secondary N) is 3. The van der Waals surface area contributed by atoms with E-state index in [-0.39, 0.29) is 30.7 Å². The number of amides is 4. The van der Waals surface area contributed by atoms with E-state index >= 15 is 0 Å². The van der Waals surface area contributed by atoms with Crippen LogP contribution >= 0.6 is 0 Å². The smallest absolute Gasteiger partial charge is 0.319 e. The first kappa shape index (κ1) is 24.0. The summed E-state index contributed by atoms with van der Waals surface area (Å²) in [5.41, 5.74) is 2.08. The molecular weight excluding hydrogens is 422 g/mol. The van der Waals surface area contributed by atoms with Crippen molar-refractivity contribution in [3.05, 3.63) is 42.2 Å². The summed E-state index contributed by atoms with van der Waals surface area (Å²) in [6.45, 7) is 8.26. The average Bonchev–Trinajstić information content (AvgIpc) is 2.81. The minimum atomic E-state index is -0.399. The molecule has 0 aliphatic carbocycles. The standard InChI is InChI=1S/C23H31N7O3/c1-16(2)21(32)27-18-6-5-17(3)19(15-18)28-23(33)26-10-7-20(31)29-11-13-30(14-12-29)22-24-8-4-9-25-22/h4-6,8-9,15-16H,7,10-14H2,1-3H3,(H,27,32)(H2,26,28,33). The van der Waals surface area contributed by atoms with Crippen LogP contribution in [-0.4, -0.2) is 65.4 Å². The number of piperazine rings is 1. The lowest BCUT2D eigenvalue weighted by Crippen LogP contribution is -2.49. The Morgan fingerprint density at radius 3 is 2.39 bits per heavy atom. The lowest BCUT2D eigenvalue weighted by atomic mass is 10.1. The molecule has 33 heavy (non-hydrogen) atoms. The molecule has 0 bridgehead atoms. The molecule has 176 valence electrons. The van der Waals surface area contributed by atoms with Gasteiger partial charge in [-0.3, -0.25) is 9.59 Å². The van der Waals surface area contributed by atoms with E-state index < -0.39 is 6.03 Å². The Balaban J connectivity index is 1.41. The van der Waals surface area contributed by atoms with Gasteiger partial charge in [0.1, 0.15) is 0 Å². The fourth-order valence-corrected chi connectivity index (χ4v) is 3.34. The molecule has 4 amide bonds. The SMILES string of the molecule is Cc1ccc(NC(=O)C(C)C)cc1NC(=O)NCCC(=O)N1CCN(c2ncccn2)CC1. The maximum atomic E-state index is 12.5. The number of aryl methyl sites for hydroxylation is 1. The maximum absolute atomic E-state index is 12.5. The summed E-state index contributed by atoms with van der Waals surface area (Å²) in [4.78, 5) is 49.0. The number of benzene rings is 1. The summed E-state index contributed by atoms with van der Waals surface area (Å²) in [6, 6.07) is 6.71. The molecule has 0 spiro atoms. The van der Waals surface area contributed by atoms with Gasteiger partial charge < -0.3 is 25.8 Å². The summed E-state index contributed by atoms with van der Waals surface area (Å²) in [5, 5.41) is 8.33. The Bertz CT molecular complexity index is 973. The number of nitrogens with zero attached hydrogens (tertiary/aromatic N) is 4. The van der Waals surface area contributed by atoms with Crippen molar-refractivity contribution in [1.29, 1.82) is 0 Å². The van der Waals surface area contributed by atoms with Crippen LogP contribution in [0.1, 0.15) is 25.8 Å². The van der Waals surface area contributed by atoms with Gasteiger partial charge in [-0.1, -0.05) is 19.9 Å². The van der Waals surface area contributed by atoms with Crippen LogP contribution in [0, 0.1) is 12.8 Å². The van der Waals surface area contributed by atoms with Crippen LogP contribution in [0.5, 0.6) is 0 Å². The molecule has 1 aliphatic rings. The third-order valence-electron chi connectivity index (χ3n) is 5.37. The summed E-state index contributed by atoms with van der Waals surface area (Å²) in [6.07, 6.45) is 3.63. The highest BCUT2D eigenvalue weighted by atomic mass is 16.2. The molecule has 0 unspecified atom stereocenters. The van der Waals surface area contributed by atoms with Crippen molar-refractivity contribution < 1.29 is 14.4 Å². The molecule has 1 aromatic carbocycles. The first-order valence-corrected chi connectivity index (χ1v) is 11.1. The zero-order valence-electron chi connectivity index (χ0n) is 19.3. The van der Waals surface area contributed by atoms with E-state index in [1.54, 1.807) is 35.5 Å². The number of carbonyl (C=O) groups is 3. The predicted octanol–water partition coefficient (Wildman–Crippen LogP) is 2.24. The van der Waals surface area contributed by atoms with Crippen LogP contribution in [0.4, 0.5) is 22.1 Å². The zero-order valence-corrected chi connectivity index (χ0v) is 19.3. The average molecular weight is 454 g/mol. The second-order valence-electron chi connectivity index (χ2n) is 8.22. The monoisotopic (exact) mass is 453 g/mol. The number of anilines is 3. The first-order valence-electron chi connectivity index (χ1n) is 11.1. The quantitative estimate of drug-likeness (QED) is 0.592. The van der Waals surface area contributed by atoms with Crippen LogP contribution in [0.15, 0.2) is 36.7 Å². The highest BCUT2D eigenvalue weighted by Crippen LogP contribution is 2.21. The van der Waals surface area contributed by atoms with Crippen LogP contribution in [0.3, 0.4) is 0 Å². The number of hydrogen-bond donors (Lipinski definition) is 3. The molecule has 1 fully saturated rings. The lowest BCUT2D eigenvalue weighted by molar-refractivity contribution is -0.131. The summed E-state index contributed by atoms with van der Waals surface area (Å²) >= 11 is 0. The molecule has 2 heterocycles. The van der Waals surface area contributed by atoms with Gasteiger partial charge in [-0.2, -0.15) is 0 Å². The largest absolute Gasteiger partial charge is 0.339 e. The predicted molar refractivity (Wildman–Crippen MR) is 127 cm³/mol. The molecule has 1 aromatic heterocycles. The van der Waals surface area contributed by atoms with Crippen molar-refractivity contribution in [2.75, 3.05) is 48.3 Å². The van der Waals surface area contributed by atoms with E-state index in [4.69, 9.17) is 0 Å². The fourth-order valence-electron chi connectivity index (χ4n) is 3.34. The van der Waals surface area contributed by atoms with Gasteiger partial charge in [0.05, 0.1) is 0 Å². The zero-order chi connectivity index (χ0) is 23.8. The van der Waals surface area contributed by atoms with E-state index in [2.05, 4.69) is 30.8 Å². The van der Waals surface area contributed by atoms with Crippen molar-refractivity contribution in [2.45, 2.75) is 27.2 Å². The van der Waals surface area contributed by atoms with Gasteiger partial charge >= 0.3 is 6.03 Å². The van der Waals surface area contributed by atoms with Gasteiger partial charge in [0.15, 0.2) is 0 Å². The van der Waals surface area contributed by atoms with Crippen molar-refractivity contribution in [1.82, 2.24) is 20.2 Å². The minimum absolute atomic E-state index is 0.00138. The second kappa shape index (κ2) is 11.3. The molecule has 1 saturated heterocycles. The molecule has 3 N–H and O–H groups in total. The molecule has 10 heteroatoms. The number of aromatic nitrogens is 2. The van der Waals surface area contributed by atoms with E-state index in [9.17, 15) is 14.4 Å². The molecule has 10 nitrogen and oxygen atoms in total. The van der Waals surface area contributed by atoms with Gasteiger partial charge in [-0.15, -0.1) is 0 Å². The minimum Gasteiger partial charge on any atom is -0.339 e. The molecule has 3 rings (SSSR count). The second-order valence-corrected chi connectivity index (χ2v) is 8.22. The van der Waals surface area contributed by atoms with Crippen LogP contribution < -0.4 is 20.9 Å². The first-order chi connectivity index (χ1) is 15.8. The van der Waals surface area contributed by atoms with Crippen LogP contribution in [0.2, 0.25) is 0 Å². The van der Waals surface area contributed by atoms with Gasteiger partial charge in [0.2, 0.25) is 17.8 Å². The van der Waals surface area contributed by atoms with E-state index in [0.29, 0.717) is 43.5 Å². The Labute approximate surface area is 193 Å². The number of carbonyl (C=O) groups excluding carboxylic acids is 3. The molecule has 0 radical (unpaired) electrons. The number of rotatable bonds is 7. The van der Waals surface area contributed by atoms with E-state index in [1.165, 1.54) is 0 Å². The van der Waals surface area contributed by atoms with Crippen molar-refractivity contribution in [3.63, 3.8) is 0 Å². The Hall–Kier alpha value is -3.69. The highest BCUT2D eigenvalue weighted by molar-refractivity contribution is 5.95. The molecule has 2 aromatic rings. The van der Waals surface area contributed by atoms with Gasteiger partial charge in [0, 0.05) is 68.8 Å². The summed E-state index contributed by atoms with van der Waals surface area (Å²) in [5.74, 6) is 0.438. The summed E-state index contributed by atoms with van der Waals surface area (Å²) in [7, 11) is 0. The normalized spacial score (nSPS) is 13.6. The Morgan fingerprint density at radius 2 is 1.73 bits per heavy atom. The van der Waals surface area contributed by atoms with Crippen molar-refractivity contribution in [3.8, 4) is 0 Å². The maximum Gasteiger partial charge on any atom is 0.319 e. The number of hydrogen-bond acceptors (Lipinski definition) is 6. The van der Waals surface area contributed by atoms with Crippen molar-refractivity contribution >= 4 is 35.2 Å². The summed E-state index contributed by atoms with van der Waals surface area (Å²) < 4.78 is 0. The van der Waals surface area contributed by atoms with Gasteiger partial charge in [-0.05, 0) is 30.7 Å². The molecule has 0 saturated carbocycles. The van der Waals surface area contributed by atoms with Crippen LogP contribution in [0.25, 0.3) is 0 Å². The third kappa shape index (κ3) is 6.90. The molecule has 1 aliphatic heterocycles. The van der Waals surface area contributed by atoms with Crippen molar-refractivity contribution in [2.24, 2.45) is 5.92 Å². The highest BCUT2D eigenvalue weighted by Gasteiger charge is 2.22. The van der Waals surface area contributed by atoms with Gasteiger partial charge in [-0.25, -0.2) is 14.8 Å². The Morgan fingerprint density at radius 1 is 1.03 bits per heavy atom. The van der Waals surface area contributed by atoms with Crippen LogP contribution in [-0.2, 0) is 9.59 Å². The fraction of sp³-hybridized carbons (Fsp3) is 0.435. The van der Waals surface area contributed by atoms with E-state index in [1.807, 2.05) is 26.8 Å². The molecular formula is C23H31N7O3. The Kier molecular flexibility index (Phi) is 8.17. The van der Waals surface area contributed by atoms with Gasteiger partial charge in [0.25, 0.3) is 0 Å². The number of urea groups is 1.